The maximum absolute atomic E-state index is 16.6. The number of aryl methyl sites for hydroxylation is 2. The zero-order valence-electron chi connectivity index (χ0n) is 20.8. The smallest absolute Gasteiger partial charge is 0.225 e. The number of terminal acetylenes is 1. The molecule has 2 unspecified atom stereocenters. The highest BCUT2D eigenvalue weighted by atomic mass is 19.1. The second-order valence-electron chi connectivity index (χ2n) is 9.88. The number of phenolic OH excluding ortho intramolecular Hbond substituents is 1. The average molecular weight is 501 g/mol. The van der Waals surface area contributed by atoms with Crippen LogP contribution < -0.4 is 15.0 Å². The van der Waals surface area contributed by atoms with E-state index in [0.29, 0.717) is 50.7 Å². The van der Waals surface area contributed by atoms with E-state index in [1.165, 1.54) is 31.4 Å². The van der Waals surface area contributed by atoms with Crippen LogP contribution in [0.5, 0.6) is 11.6 Å². The van der Waals surface area contributed by atoms with Crippen molar-refractivity contribution in [2.75, 3.05) is 25.1 Å². The van der Waals surface area contributed by atoms with Crippen molar-refractivity contribution in [2.24, 2.45) is 0 Å². The van der Waals surface area contributed by atoms with Gasteiger partial charge in [-0.1, -0.05) is 12.0 Å². The summed E-state index contributed by atoms with van der Waals surface area (Å²) in [6, 6.07) is 6.27. The number of halogens is 2. The minimum Gasteiger partial charge on any atom is -0.508 e. The number of benzene rings is 2. The van der Waals surface area contributed by atoms with E-state index < -0.39 is 11.6 Å². The Morgan fingerprint density at radius 1 is 1.08 bits per heavy atom. The first kappa shape index (κ1) is 23.4. The van der Waals surface area contributed by atoms with E-state index in [1.807, 2.05) is 13.8 Å². The second kappa shape index (κ2) is 8.56. The zero-order valence-corrected chi connectivity index (χ0v) is 20.8. The third kappa shape index (κ3) is 3.57. The number of phenols is 1. The largest absolute Gasteiger partial charge is 0.508 e. The Morgan fingerprint density at radius 2 is 1.81 bits per heavy atom. The van der Waals surface area contributed by atoms with E-state index in [4.69, 9.17) is 16.1 Å². The maximum atomic E-state index is 16.6. The fraction of sp³-hybridized carbons (Fsp3) is 0.310. The SMILES string of the molecule is C#Cc1c(F)ccc2cc(O)cc(-c3nc(OC)c4c(N5CC6CCC(C5)N6)nc(C)c(C)c4c3F)c12. The lowest BCUT2D eigenvalue weighted by Gasteiger charge is -2.35. The van der Waals surface area contributed by atoms with Crippen LogP contribution in [0.25, 0.3) is 32.8 Å². The first-order valence-corrected chi connectivity index (χ1v) is 12.3. The number of ether oxygens (including phenoxy) is 1. The molecule has 6 nitrogen and oxygen atoms in total. The Hall–Kier alpha value is -3.96. The van der Waals surface area contributed by atoms with Crippen molar-refractivity contribution in [3.05, 3.63) is 52.7 Å². The summed E-state index contributed by atoms with van der Waals surface area (Å²) in [6.45, 7) is 5.19. The number of anilines is 1. The molecular weight excluding hydrogens is 474 g/mol. The Balaban J connectivity index is 1.68. The lowest BCUT2D eigenvalue weighted by Crippen LogP contribution is -2.51. The van der Waals surface area contributed by atoms with E-state index in [-0.39, 0.29) is 28.5 Å². The van der Waals surface area contributed by atoms with Gasteiger partial charge in [0, 0.05) is 47.2 Å². The van der Waals surface area contributed by atoms with Crippen LogP contribution in [0.2, 0.25) is 0 Å². The van der Waals surface area contributed by atoms with Crippen LogP contribution in [-0.4, -0.2) is 47.4 Å². The minimum absolute atomic E-state index is 0.0209. The van der Waals surface area contributed by atoms with Crippen molar-refractivity contribution in [1.82, 2.24) is 15.3 Å². The standard InChI is InChI=1S/C29H26F2N4O2/c1-5-20-22(30)9-6-16-10-19(36)11-21(24(16)20)27-26(31)23-14(2)15(3)32-28(25(23)29(34-27)37-4)35-12-17-7-8-18(13-35)33-17/h1,6,9-11,17-18,33,36H,7-8,12-13H2,2-4H3. The van der Waals surface area contributed by atoms with Crippen LogP contribution in [0.15, 0.2) is 24.3 Å². The fourth-order valence-electron chi connectivity index (χ4n) is 5.86. The van der Waals surface area contributed by atoms with E-state index in [9.17, 15) is 9.50 Å². The first-order valence-electron chi connectivity index (χ1n) is 12.3. The number of piperazine rings is 1. The van der Waals surface area contributed by atoms with Gasteiger partial charge in [0.05, 0.1) is 18.1 Å². The number of rotatable bonds is 3. The molecule has 2 saturated heterocycles. The van der Waals surface area contributed by atoms with Gasteiger partial charge >= 0.3 is 0 Å². The van der Waals surface area contributed by atoms with Gasteiger partial charge < -0.3 is 20.1 Å². The van der Waals surface area contributed by atoms with Crippen LogP contribution >= 0.6 is 0 Å². The maximum Gasteiger partial charge on any atom is 0.225 e. The molecule has 2 N–H and O–H groups in total. The number of aromatic nitrogens is 2. The molecule has 188 valence electrons. The summed E-state index contributed by atoms with van der Waals surface area (Å²) in [5.41, 5.74) is 1.45. The number of nitrogens with zero attached hydrogens (tertiary/aromatic N) is 3. The Morgan fingerprint density at radius 3 is 2.49 bits per heavy atom. The normalized spacial score (nSPS) is 19.0. The molecule has 37 heavy (non-hydrogen) atoms. The summed E-state index contributed by atoms with van der Waals surface area (Å²) in [5.74, 6) is 1.90. The van der Waals surface area contributed by atoms with Gasteiger partial charge in [-0.3, -0.25) is 0 Å². The Labute approximate surface area is 213 Å². The summed E-state index contributed by atoms with van der Waals surface area (Å²) in [4.78, 5) is 11.6. The van der Waals surface area contributed by atoms with Gasteiger partial charge in [-0.15, -0.1) is 6.42 Å². The lowest BCUT2D eigenvalue weighted by atomic mass is 9.94. The fourth-order valence-corrected chi connectivity index (χ4v) is 5.86. The van der Waals surface area contributed by atoms with Gasteiger partial charge in [-0.25, -0.2) is 18.7 Å². The molecular formula is C29H26F2N4O2. The van der Waals surface area contributed by atoms with Gasteiger partial charge in [0.15, 0.2) is 5.82 Å². The summed E-state index contributed by atoms with van der Waals surface area (Å²) in [6.07, 6.45) is 7.84. The number of hydrogen-bond donors (Lipinski definition) is 2. The Bertz CT molecular complexity index is 1630. The van der Waals surface area contributed by atoms with Gasteiger partial charge in [0.1, 0.15) is 23.1 Å². The van der Waals surface area contributed by atoms with Crippen LogP contribution in [0.4, 0.5) is 14.6 Å². The monoisotopic (exact) mass is 500 g/mol. The average Bonchev–Trinajstić information content (AvgIpc) is 3.23. The molecule has 8 heteroatoms. The topological polar surface area (TPSA) is 70.5 Å². The number of fused-ring (bicyclic) bond motifs is 4. The molecule has 0 saturated carbocycles. The third-order valence-electron chi connectivity index (χ3n) is 7.68. The molecule has 6 rings (SSSR count). The quantitative estimate of drug-likeness (QED) is 0.387. The molecule has 2 bridgehead atoms. The lowest BCUT2D eigenvalue weighted by molar-refractivity contribution is 0.402. The summed E-state index contributed by atoms with van der Waals surface area (Å²) in [5, 5.41) is 15.7. The van der Waals surface area contributed by atoms with Crippen LogP contribution in [0.3, 0.4) is 0 Å². The van der Waals surface area contributed by atoms with Crippen molar-refractivity contribution in [1.29, 1.82) is 0 Å². The van der Waals surface area contributed by atoms with E-state index in [0.717, 1.165) is 25.9 Å². The number of nitrogens with one attached hydrogen (secondary N) is 1. The summed E-state index contributed by atoms with van der Waals surface area (Å²) < 4.78 is 37.0. The molecule has 0 radical (unpaired) electrons. The molecule has 2 aliphatic heterocycles. The minimum atomic E-state index is -0.609. The van der Waals surface area contributed by atoms with E-state index in [1.54, 1.807) is 0 Å². The summed E-state index contributed by atoms with van der Waals surface area (Å²) >= 11 is 0. The van der Waals surface area contributed by atoms with Crippen molar-refractivity contribution in [3.8, 4) is 35.2 Å². The van der Waals surface area contributed by atoms with Gasteiger partial charge in [0.25, 0.3) is 0 Å². The third-order valence-corrected chi connectivity index (χ3v) is 7.68. The Kier molecular flexibility index (Phi) is 5.42. The molecule has 4 aromatic rings. The van der Waals surface area contributed by atoms with Crippen molar-refractivity contribution in [2.45, 2.75) is 38.8 Å². The number of aromatic hydroxyl groups is 1. The molecule has 2 fully saturated rings. The first-order chi connectivity index (χ1) is 17.8. The molecule has 2 aromatic carbocycles. The molecule has 0 aliphatic carbocycles. The van der Waals surface area contributed by atoms with Gasteiger partial charge in [-0.05, 0) is 55.8 Å². The van der Waals surface area contributed by atoms with Gasteiger partial charge in [0.2, 0.25) is 5.88 Å². The molecule has 0 amide bonds. The molecule has 0 spiro atoms. The highest BCUT2D eigenvalue weighted by Crippen LogP contribution is 2.43. The van der Waals surface area contributed by atoms with Crippen molar-refractivity contribution < 1.29 is 18.6 Å². The highest BCUT2D eigenvalue weighted by molar-refractivity contribution is 6.05. The molecule has 2 atom stereocenters. The molecule has 2 aliphatic rings. The predicted molar refractivity (Wildman–Crippen MR) is 140 cm³/mol. The van der Waals surface area contributed by atoms with Gasteiger partial charge in [-0.2, -0.15) is 0 Å². The van der Waals surface area contributed by atoms with Crippen LogP contribution in [0, 0.1) is 37.8 Å². The second-order valence-corrected chi connectivity index (χ2v) is 9.88. The number of pyridine rings is 2. The zero-order chi connectivity index (χ0) is 26.0. The van der Waals surface area contributed by atoms with Crippen molar-refractivity contribution in [3.63, 3.8) is 0 Å². The van der Waals surface area contributed by atoms with E-state index in [2.05, 4.69) is 21.1 Å². The number of hydrogen-bond acceptors (Lipinski definition) is 6. The molecule has 2 aromatic heterocycles. The summed E-state index contributed by atoms with van der Waals surface area (Å²) in [7, 11) is 1.48. The van der Waals surface area contributed by atoms with E-state index >= 15 is 4.39 Å². The highest BCUT2D eigenvalue weighted by Gasteiger charge is 2.35. The number of methoxy groups -OCH3 is 1. The van der Waals surface area contributed by atoms with Crippen LogP contribution in [0.1, 0.15) is 29.7 Å². The van der Waals surface area contributed by atoms with Crippen molar-refractivity contribution >= 4 is 27.4 Å². The van der Waals surface area contributed by atoms with Crippen LogP contribution in [-0.2, 0) is 0 Å². The predicted octanol–water partition coefficient (Wildman–Crippen LogP) is 4.98. The molecule has 4 heterocycles.